The zero-order chi connectivity index (χ0) is 8.97. The lowest BCUT2D eigenvalue weighted by molar-refractivity contribution is 0.943. The topological polar surface area (TPSA) is 0 Å². The Kier molecular flexibility index (Phi) is 3.09. The Morgan fingerprint density at radius 3 is 1.75 bits per heavy atom. The van der Waals surface area contributed by atoms with E-state index in [2.05, 4.69) is 57.2 Å². The molecule has 0 unspecified atom stereocenters. The molecule has 0 aromatic carbocycles. The van der Waals surface area contributed by atoms with Gasteiger partial charge < -0.3 is 0 Å². The maximum absolute atomic E-state index is 2.22. The largest absolute Gasteiger partial charge is 0.0798 e. The van der Waals surface area contributed by atoms with E-state index in [-0.39, 0.29) is 0 Å². The molecule has 0 radical (unpaired) electrons. The Bertz CT molecular complexity index is 234. The van der Waals surface area contributed by atoms with Gasteiger partial charge in [-0.2, -0.15) is 0 Å². The van der Waals surface area contributed by atoms with Gasteiger partial charge in [-0.15, -0.1) is 0 Å². The van der Waals surface area contributed by atoms with Crippen LogP contribution < -0.4 is 0 Å². The molecule has 0 saturated heterocycles. The predicted molar refractivity (Wildman–Crippen MR) is 55.0 cm³/mol. The van der Waals surface area contributed by atoms with Crippen molar-refractivity contribution in [2.45, 2.75) is 20.8 Å². The van der Waals surface area contributed by atoms with Crippen LogP contribution in [0.2, 0.25) is 0 Å². The molecule has 0 heterocycles. The summed E-state index contributed by atoms with van der Waals surface area (Å²) in [6.07, 6.45) is 13.1. The van der Waals surface area contributed by atoms with Crippen LogP contribution in [0.15, 0.2) is 47.6 Å². The quantitative estimate of drug-likeness (QED) is 0.507. The monoisotopic (exact) mass is 160 g/mol. The molecule has 1 rings (SSSR count). The average Bonchev–Trinajstić information content (AvgIpc) is 2.27. The van der Waals surface area contributed by atoms with Gasteiger partial charge in [-0.1, -0.05) is 43.4 Å². The minimum atomic E-state index is 0.553. The van der Waals surface area contributed by atoms with Crippen LogP contribution in [-0.2, 0) is 0 Å². The Labute approximate surface area is 75.0 Å². The fourth-order valence-electron chi connectivity index (χ4n) is 1.29. The molecule has 0 spiro atoms. The van der Waals surface area contributed by atoms with E-state index in [9.17, 15) is 0 Å². The molecular weight excluding hydrogens is 144 g/mol. The van der Waals surface area contributed by atoms with E-state index in [1.54, 1.807) is 0 Å². The summed E-state index contributed by atoms with van der Waals surface area (Å²) in [6.45, 7) is 6.35. The smallest absolute Gasteiger partial charge is 0.00752 e. The first-order valence-electron chi connectivity index (χ1n) is 4.47. The van der Waals surface area contributed by atoms with Gasteiger partial charge in [0.15, 0.2) is 0 Å². The highest BCUT2D eigenvalue weighted by Gasteiger charge is 2.01. The van der Waals surface area contributed by atoms with E-state index in [4.69, 9.17) is 0 Å². The Morgan fingerprint density at radius 1 is 1.00 bits per heavy atom. The third-order valence-corrected chi connectivity index (χ3v) is 2.11. The fraction of sp³-hybridized carbons (Fsp3) is 0.333. The molecule has 1 aliphatic rings. The first kappa shape index (κ1) is 9.05. The SMILES string of the molecule is C/C=C1/C=CC(C)C=C/C1=C/C. The highest BCUT2D eigenvalue weighted by atomic mass is 14.1. The standard InChI is InChI=1S/C12H16/c1-4-11-8-6-10(3)7-9-12(11)5-2/h4-10H,1-3H3/b11-4-,12-5-. The molecule has 0 fully saturated rings. The minimum Gasteiger partial charge on any atom is -0.0798 e. The normalized spacial score (nSPS) is 25.2. The molecule has 0 saturated carbocycles. The molecule has 0 nitrogen and oxygen atoms in total. The van der Waals surface area contributed by atoms with Gasteiger partial charge in [0.2, 0.25) is 0 Å². The van der Waals surface area contributed by atoms with Crippen molar-refractivity contribution in [1.82, 2.24) is 0 Å². The van der Waals surface area contributed by atoms with Crippen molar-refractivity contribution in [1.29, 1.82) is 0 Å². The van der Waals surface area contributed by atoms with Crippen molar-refractivity contribution >= 4 is 0 Å². The fourth-order valence-corrected chi connectivity index (χ4v) is 1.29. The molecule has 64 valence electrons. The van der Waals surface area contributed by atoms with Gasteiger partial charge in [-0.25, -0.2) is 0 Å². The minimum absolute atomic E-state index is 0.553. The molecule has 0 amide bonds. The van der Waals surface area contributed by atoms with Crippen LogP contribution in [0.25, 0.3) is 0 Å². The first-order valence-corrected chi connectivity index (χ1v) is 4.47. The lowest BCUT2D eigenvalue weighted by Crippen LogP contribution is -1.79. The van der Waals surface area contributed by atoms with E-state index in [1.165, 1.54) is 11.1 Å². The molecule has 0 aliphatic heterocycles. The van der Waals surface area contributed by atoms with Crippen LogP contribution in [0.1, 0.15) is 20.8 Å². The molecule has 0 heteroatoms. The van der Waals surface area contributed by atoms with Crippen molar-refractivity contribution in [2.75, 3.05) is 0 Å². The maximum atomic E-state index is 2.22. The molecule has 0 aromatic heterocycles. The van der Waals surface area contributed by atoms with Crippen molar-refractivity contribution in [3.8, 4) is 0 Å². The molecule has 1 aliphatic carbocycles. The highest BCUT2D eigenvalue weighted by Crippen LogP contribution is 2.19. The Morgan fingerprint density at radius 2 is 1.42 bits per heavy atom. The lowest BCUT2D eigenvalue weighted by atomic mass is 10.1. The number of hydrogen-bond donors (Lipinski definition) is 0. The number of allylic oxidation sites excluding steroid dienone is 8. The summed E-state index contributed by atoms with van der Waals surface area (Å²) in [4.78, 5) is 0. The molecule has 12 heavy (non-hydrogen) atoms. The molecule has 0 bridgehead atoms. The Balaban J connectivity index is 3.03. The second-order valence-electron chi connectivity index (χ2n) is 3.07. The summed E-state index contributed by atoms with van der Waals surface area (Å²) in [7, 11) is 0. The van der Waals surface area contributed by atoms with Crippen LogP contribution in [0.4, 0.5) is 0 Å². The average molecular weight is 160 g/mol. The van der Waals surface area contributed by atoms with Gasteiger partial charge in [0.25, 0.3) is 0 Å². The van der Waals surface area contributed by atoms with E-state index in [1.807, 2.05) is 0 Å². The van der Waals surface area contributed by atoms with Crippen molar-refractivity contribution in [3.05, 3.63) is 47.6 Å². The van der Waals surface area contributed by atoms with E-state index < -0.39 is 0 Å². The molecule has 0 atom stereocenters. The van der Waals surface area contributed by atoms with Crippen molar-refractivity contribution in [2.24, 2.45) is 5.92 Å². The van der Waals surface area contributed by atoms with Crippen LogP contribution in [0.5, 0.6) is 0 Å². The summed E-state index contributed by atoms with van der Waals surface area (Å²) >= 11 is 0. The van der Waals surface area contributed by atoms with Crippen LogP contribution in [-0.4, -0.2) is 0 Å². The second-order valence-corrected chi connectivity index (χ2v) is 3.07. The lowest BCUT2D eigenvalue weighted by Gasteiger charge is -1.98. The number of hydrogen-bond acceptors (Lipinski definition) is 0. The summed E-state index contributed by atoms with van der Waals surface area (Å²) in [5.41, 5.74) is 2.64. The van der Waals surface area contributed by atoms with Crippen LogP contribution in [0, 0.1) is 5.92 Å². The zero-order valence-corrected chi connectivity index (χ0v) is 8.04. The third kappa shape index (κ3) is 1.97. The van der Waals surface area contributed by atoms with Gasteiger partial charge in [-0.3, -0.25) is 0 Å². The summed E-state index contributed by atoms with van der Waals surface area (Å²) in [5.74, 6) is 0.553. The molecule has 0 aromatic rings. The highest BCUT2D eigenvalue weighted by molar-refractivity contribution is 5.47. The Hall–Kier alpha value is -1.04. The number of rotatable bonds is 0. The van der Waals surface area contributed by atoms with Crippen molar-refractivity contribution in [3.63, 3.8) is 0 Å². The van der Waals surface area contributed by atoms with E-state index >= 15 is 0 Å². The van der Waals surface area contributed by atoms with Gasteiger partial charge in [0.05, 0.1) is 0 Å². The summed E-state index contributed by atoms with van der Waals surface area (Å²) in [6, 6.07) is 0. The van der Waals surface area contributed by atoms with Gasteiger partial charge in [0, 0.05) is 0 Å². The van der Waals surface area contributed by atoms with Gasteiger partial charge in [0.1, 0.15) is 0 Å². The third-order valence-electron chi connectivity index (χ3n) is 2.11. The van der Waals surface area contributed by atoms with Crippen LogP contribution in [0.3, 0.4) is 0 Å². The predicted octanol–water partition coefficient (Wildman–Crippen LogP) is 3.64. The van der Waals surface area contributed by atoms with E-state index in [0.29, 0.717) is 5.92 Å². The molecular formula is C12H16. The van der Waals surface area contributed by atoms with Crippen LogP contribution >= 0.6 is 0 Å². The van der Waals surface area contributed by atoms with Gasteiger partial charge >= 0.3 is 0 Å². The summed E-state index contributed by atoms with van der Waals surface area (Å²) < 4.78 is 0. The molecule has 0 N–H and O–H groups in total. The maximum Gasteiger partial charge on any atom is -0.00752 e. The zero-order valence-electron chi connectivity index (χ0n) is 8.04. The van der Waals surface area contributed by atoms with E-state index in [0.717, 1.165) is 0 Å². The first-order chi connectivity index (χ1) is 5.77. The van der Waals surface area contributed by atoms with Crippen molar-refractivity contribution < 1.29 is 0 Å². The second kappa shape index (κ2) is 4.10. The summed E-state index contributed by atoms with van der Waals surface area (Å²) in [5, 5.41) is 0. The van der Waals surface area contributed by atoms with Gasteiger partial charge in [-0.05, 0) is 30.9 Å².